The molecule has 0 aliphatic carbocycles. The molecule has 0 aliphatic rings. The number of halogens is 1. The summed E-state index contributed by atoms with van der Waals surface area (Å²) in [5, 5.41) is 0.571. The Balaban J connectivity index is 2.34. The average Bonchev–Trinajstić information content (AvgIpc) is 2.22. The first-order valence-corrected chi connectivity index (χ1v) is 5.64. The van der Waals surface area contributed by atoms with Crippen LogP contribution in [0.25, 0.3) is 0 Å². The number of aryl methyl sites for hydroxylation is 2. The molecule has 0 saturated heterocycles. The van der Waals surface area contributed by atoms with Crippen molar-refractivity contribution in [2.75, 3.05) is 5.73 Å². The minimum Gasteiger partial charge on any atom is -0.368 e. The van der Waals surface area contributed by atoms with E-state index in [0.29, 0.717) is 5.16 Å². The lowest BCUT2D eigenvalue weighted by Crippen LogP contribution is -1.99. The van der Waals surface area contributed by atoms with Crippen LogP contribution in [0.2, 0.25) is 0 Å². The first-order valence-electron chi connectivity index (χ1n) is 4.83. The van der Waals surface area contributed by atoms with Gasteiger partial charge in [0, 0.05) is 11.4 Å². The summed E-state index contributed by atoms with van der Waals surface area (Å²) in [4.78, 5) is 15.7. The average molecular weight is 251 g/mol. The summed E-state index contributed by atoms with van der Waals surface area (Å²) in [6.07, 6.45) is 1.04. The van der Waals surface area contributed by atoms with Crippen LogP contribution in [-0.2, 0) is 0 Å². The van der Waals surface area contributed by atoms with E-state index in [2.05, 4.69) is 19.9 Å². The Labute approximate surface area is 102 Å². The highest BCUT2D eigenvalue weighted by Gasteiger charge is 2.10. The van der Waals surface area contributed by atoms with Crippen molar-refractivity contribution in [1.29, 1.82) is 0 Å². The van der Waals surface area contributed by atoms with Gasteiger partial charge in [0.15, 0.2) is 11.0 Å². The summed E-state index contributed by atoms with van der Waals surface area (Å²) < 4.78 is 13.4. The molecule has 2 heterocycles. The lowest BCUT2D eigenvalue weighted by molar-refractivity contribution is 0.580. The summed E-state index contributed by atoms with van der Waals surface area (Å²) in [6, 6.07) is 1.84. The predicted octanol–water partition coefficient (Wildman–Crippen LogP) is 1.76. The van der Waals surface area contributed by atoms with Gasteiger partial charge in [-0.05, 0) is 31.7 Å². The topological polar surface area (TPSA) is 77.6 Å². The molecule has 0 bridgehead atoms. The summed E-state index contributed by atoms with van der Waals surface area (Å²) in [5.74, 6) is -0.509. The van der Waals surface area contributed by atoms with Crippen molar-refractivity contribution in [3.8, 4) is 0 Å². The van der Waals surface area contributed by atoms with Gasteiger partial charge in [-0.3, -0.25) is 0 Å². The third kappa shape index (κ3) is 2.88. The second kappa shape index (κ2) is 4.62. The van der Waals surface area contributed by atoms with Crippen LogP contribution in [0.3, 0.4) is 0 Å². The van der Waals surface area contributed by atoms with E-state index in [1.165, 1.54) is 0 Å². The number of nitrogens with zero attached hydrogens (tertiary/aromatic N) is 4. The Morgan fingerprint density at radius 1 is 1.18 bits per heavy atom. The minimum absolute atomic E-state index is 0.0262. The Bertz CT molecular complexity index is 540. The maximum Gasteiger partial charge on any atom is 0.221 e. The first-order chi connectivity index (χ1) is 8.04. The highest BCUT2D eigenvalue weighted by molar-refractivity contribution is 7.99. The molecule has 2 aromatic rings. The van der Waals surface area contributed by atoms with E-state index in [1.807, 2.05) is 19.9 Å². The van der Waals surface area contributed by atoms with E-state index >= 15 is 0 Å². The quantitative estimate of drug-likeness (QED) is 0.647. The second-order valence-corrected chi connectivity index (χ2v) is 4.37. The van der Waals surface area contributed by atoms with E-state index in [1.54, 1.807) is 0 Å². The Kier molecular flexibility index (Phi) is 3.19. The van der Waals surface area contributed by atoms with Crippen molar-refractivity contribution in [3.63, 3.8) is 0 Å². The smallest absolute Gasteiger partial charge is 0.221 e. The number of nitrogen functional groups attached to an aromatic ring is 1. The van der Waals surface area contributed by atoms with Crippen LogP contribution in [0.1, 0.15) is 11.4 Å². The second-order valence-electron chi connectivity index (χ2n) is 3.42. The molecule has 2 N–H and O–H groups in total. The molecule has 0 atom stereocenters. The van der Waals surface area contributed by atoms with E-state index in [9.17, 15) is 4.39 Å². The molecule has 2 aromatic heterocycles. The van der Waals surface area contributed by atoms with Crippen molar-refractivity contribution in [3.05, 3.63) is 29.5 Å². The number of anilines is 1. The van der Waals surface area contributed by atoms with E-state index in [-0.39, 0.29) is 11.0 Å². The molecular formula is C10H10FN5S. The van der Waals surface area contributed by atoms with Gasteiger partial charge in [0.25, 0.3) is 0 Å². The zero-order chi connectivity index (χ0) is 12.4. The van der Waals surface area contributed by atoms with Gasteiger partial charge in [-0.2, -0.15) is 0 Å². The number of aromatic nitrogens is 4. The first kappa shape index (κ1) is 11.7. The molecule has 0 unspecified atom stereocenters. The van der Waals surface area contributed by atoms with Crippen LogP contribution < -0.4 is 5.73 Å². The van der Waals surface area contributed by atoms with E-state index in [0.717, 1.165) is 29.3 Å². The van der Waals surface area contributed by atoms with Crippen LogP contribution in [-0.4, -0.2) is 19.9 Å². The molecule has 0 aliphatic heterocycles. The van der Waals surface area contributed by atoms with Gasteiger partial charge in [-0.15, -0.1) is 0 Å². The Hall–Kier alpha value is -1.76. The number of hydrogen-bond donors (Lipinski definition) is 1. The van der Waals surface area contributed by atoms with E-state index < -0.39 is 5.82 Å². The summed E-state index contributed by atoms with van der Waals surface area (Å²) >= 11 is 1.03. The Morgan fingerprint density at radius 3 is 2.47 bits per heavy atom. The van der Waals surface area contributed by atoms with Gasteiger partial charge in [-0.1, -0.05) is 0 Å². The van der Waals surface area contributed by atoms with Crippen LogP contribution in [0.4, 0.5) is 10.3 Å². The molecule has 5 nitrogen and oxygen atoms in total. The fourth-order valence-corrected chi connectivity index (χ4v) is 2.10. The van der Waals surface area contributed by atoms with Gasteiger partial charge in [0.1, 0.15) is 5.03 Å². The molecule has 0 radical (unpaired) electrons. The van der Waals surface area contributed by atoms with Crippen molar-refractivity contribution in [2.45, 2.75) is 24.0 Å². The molecule has 0 amide bonds. The van der Waals surface area contributed by atoms with Crippen LogP contribution >= 0.6 is 11.8 Å². The zero-order valence-corrected chi connectivity index (χ0v) is 10.1. The molecule has 17 heavy (non-hydrogen) atoms. The summed E-state index contributed by atoms with van der Waals surface area (Å²) in [6.45, 7) is 3.70. The maximum absolute atomic E-state index is 13.4. The largest absolute Gasteiger partial charge is 0.368 e. The fourth-order valence-electron chi connectivity index (χ4n) is 1.26. The van der Waals surface area contributed by atoms with Gasteiger partial charge < -0.3 is 5.73 Å². The van der Waals surface area contributed by atoms with Crippen molar-refractivity contribution in [2.24, 2.45) is 0 Å². The summed E-state index contributed by atoms with van der Waals surface area (Å²) in [7, 11) is 0. The minimum atomic E-state index is -0.535. The van der Waals surface area contributed by atoms with Gasteiger partial charge in [0.05, 0.1) is 6.20 Å². The lowest BCUT2D eigenvalue weighted by atomic mass is 10.4. The van der Waals surface area contributed by atoms with Crippen LogP contribution in [0.5, 0.6) is 0 Å². The zero-order valence-electron chi connectivity index (χ0n) is 9.31. The lowest BCUT2D eigenvalue weighted by Gasteiger charge is -2.03. The predicted molar refractivity (Wildman–Crippen MR) is 62.0 cm³/mol. The highest BCUT2D eigenvalue weighted by Crippen LogP contribution is 2.25. The summed E-state index contributed by atoms with van der Waals surface area (Å²) in [5.41, 5.74) is 7.04. The normalized spacial score (nSPS) is 10.5. The number of nitrogens with two attached hydrogens (primary N) is 1. The van der Waals surface area contributed by atoms with Crippen LogP contribution in [0.15, 0.2) is 22.4 Å². The maximum atomic E-state index is 13.4. The molecule has 0 spiro atoms. The standard InChI is InChI=1S/C10H10FN5S/c1-5-3-6(2)15-10(14-5)17-8-7(11)4-13-9(12)16-8/h3-4H,1-2H3,(H2,12,13,16). The fraction of sp³-hybridized carbons (Fsp3) is 0.200. The molecule has 0 aromatic carbocycles. The molecule has 7 heteroatoms. The van der Waals surface area contributed by atoms with Gasteiger partial charge >= 0.3 is 0 Å². The van der Waals surface area contributed by atoms with Crippen molar-refractivity contribution >= 4 is 17.7 Å². The number of hydrogen-bond acceptors (Lipinski definition) is 6. The Morgan fingerprint density at radius 2 is 1.82 bits per heavy atom. The third-order valence-electron chi connectivity index (χ3n) is 1.88. The van der Waals surface area contributed by atoms with Gasteiger partial charge in [0.2, 0.25) is 5.95 Å². The third-order valence-corrected chi connectivity index (χ3v) is 2.73. The molecule has 88 valence electrons. The van der Waals surface area contributed by atoms with Crippen LogP contribution in [0, 0.1) is 19.7 Å². The van der Waals surface area contributed by atoms with Crippen molar-refractivity contribution in [1.82, 2.24) is 19.9 Å². The van der Waals surface area contributed by atoms with Crippen molar-refractivity contribution < 1.29 is 4.39 Å². The molecule has 0 fully saturated rings. The van der Waals surface area contributed by atoms with E-state index in [4.69, 9.17) is 5.73 Å². The monoisotopic (exact) mass is 251 g/mol. The number of rotatable bonds is 2. The molecular weight excluding hydrogens is 241 g/mol. The SMILES string of the molecule is Cc1cc(C)nc(Sc2nc(N)ncc2F)n1. The molecule has 2 rings (SSSR count). The van der Waals surface area contributed by atoms with Gasteiger partial charge in [-0.25, -0.2) is 24.3 Å². The molecule has 0 saturated carbocycles. The highest BCUT2D eigenvalue weighted by atomic mass is 32.2.